The van der Waals surface area contributed by atoms with Gasteiger partial charge in [-0.3, -0.25) is 19.6 Å². The zero-order valence-electron chi connectivity index (χ0n) is 10.9. The molecule has 0 aliphatic rings. The van der Waals surface area contributed by atoms with E-state index in [0.29, 0.717) is 21.6 Å². The van der Waals surface area contributed by atoms with Crippen molar-refractivity contribution in [2.75, 3.05) is 0 Å². The van der Waals surface area contributed by atoms with E-state index in [1.807, 2.05) is 6.92 Å². The molecule has 2 aromatic heterocycles. The second-order valence-electron chi connectivity index (χ2n) is 4.24. The number of thiophene rings is 1. The lowest BCUT2D eigenvalue weighted by molar-refractivity contribution is 0.0957. The van der Waals surface area contributed by atoms with Gasteiger partial charge in [-0.1, -0.05) is 0 Å². The van der Waals surface area contributed by atoms with E-state index in [1.54, 1.807) is 13.0 Å². The minimum atomic E-state index is -0.333. The van der Waals surface area contributed by atoms with Crippen LogP contribution in [-0.4, -0.2) is 15.5 Å². The van der Waals surface area contributed by atoms with Crippen molar-refractivity contribution in [3.63, 3.8) is 0 Å². The predicted molar refractivity (Wildman–Crippen MR) is 80.7 cm³/mol. The first-order valence-corrected chi connectivity index (χ1v) is 7.36. The second kappa shape index (κ2) is 5.86. The largest absolute Gasteiger partial charge is 0.294 e. The van der Waals surface area contributed by atoms with Gasteiger partial charge < -0.3 is 0 Å². The third kappa shape index (κ3) is 2.82. The van der Waals surface area contributed by atoms with E-state index in [4.69, 9.17) is 5.84 Å². The number of amides is 1. The molecule has 20 heavy (non-hydrogen) atoms. The molecule has 1 amide bonds. The monoisotopic (exact) mass is 356 g/mol. The molecule has 2 aromatic rings. The molecule has 2 rings (SSSR count). The molecular formula is C12H13BrN4O2S. The normalized spacial score (nSPS) is 10.6. The van der Waals surface area contributed by atoms with Gasteiger partial charge in [0.25, 0.3) is 11.5 Å². The number of carbonyl (C=O) groups is 1. The summed E-state index contributed by atoms with van der Waals surface area (Å²) in [5.41, 5.74) is 3.50. The first kappa shape index (κ1) is 14.9. The van der Waals surface area contributed by atoms with Gasteiger partial charge in [0.05, 0.1) is 23.4 Å². The van der Waals surface area contributed by atoms with Gasteiger partial charge in [0.2, 0.25) is 0 Å². The Hall–Kier alpha value is -1.51. The van der Waals surface area contributed by atoms with E-state index in [9.17, 15) is 9.59 Å². The molecule has 0 saturated carbocycles. The van der Waals surface area contributed by atoms with Crippen molar-refractivity contribution < 1.29 is 4.79 Å². The number of hydrogen-bond acceptors (Lipinski definition) is 5. The predicted octanol–water partition coefficient (Wildman–Crippen LogP) is 1.34. The number of rotatable bonds is 3. The molecule has 0 radical (unpaired) electrons. The van der Waals surface area contributed by atoms with Crippen LogP contribution in [0.15, 0.2) is 21.7 Å². The summed E-state index contributed by atoms with van der Waals surface area (Å²) in [6.07, 6.45) is 1.50. The van der Waals surface area contributed by atoms with Crippen LogP contribution in [0.3, 0.4) is 0 Å². The first-order chi connectivity index (χ1) is 9.43. The number of nitrogen functional groups attached to an aromatic ring is 1. The van der Waals surface area contributed by atoms with Crippen LogP contribution < -0.4 is 16.8 Å². The average molecular weight is 357 g/mol. The third-order valence-corrected chi connectivity index (χ3v) is 4.88. The molecule has 0 unspecified atom stereocenters. The first-order valence-electron chi connectivity index (χ1n) is 5.75. The maximum Gasteiger partial charge on any atom is 0.275 e. The van der Waals surface area contributed by atoms with Gasteiger partial charge in [-0.05, 0) is 41.4 Å². The third-order valence-electron chi connectivity index (χ3n) is 2.87. The summed E-state index contributed by atoms with van der Waals surface area (Å²) in [4.78, 5) is 29.2. The van der Waals surface area contributed by atoms with Gasteiger partial charge in [-0.2, -0.15) is 0 Å². The molecule has 6 nitrogen and oxygen atoms in total. The molecule has 2 heterocycles. The number of aromatic nitrogens is 2. The minimum absolute atomic E-state index is 0.145. The van der Waals surface area contributed by atoms with Crippen molar-refractivity contribution in [1.82, 2.24) is 15.0 Å². The van der Waals surface area contributed by atoms with Crippen LogP contribution in [0, 0.1) is 13.8 Å². The van der Waals surface area contributed by atoms with E-state index >= 15 is 0 Å². The molecule has 0 fully saturated rings. The maximum absolute atomic E-state index is 12.1. The topological polar surface area (TPSA) is 90.0 Å². The summed E-state index contributed by atoms with van der Waals surface area (Å²) >= 11 is 4.57. The van der Waals surface area contributed by atoms with Crippen molar-refractivity contribution in [2.24, 2.45) is 5.84 Å². The summed E-state index contributed by atoms with van der Waals surface area (Å²) in [5, 5.41) is 0. The zero-order valence-corrected chi connectivity index (χ0v) is 13.3. The quantitative estimate of drug-likeness (QED) is 0.493. The molecule has 106 valence electrons. The number of hydrogen-bond donors (Lipinski definition) is 2. The highest BCUT2D eigenvalue weighted by Gasteiger charge is 2.13. The molecular weight excluding hydrogens is 344 g/mol. The van der Waals surface area contributed by atoms with E-state index < -0.39 is 0 Å². The van der Waals surface area contributed by atoms with Crippen LogP contribution in [0.1, 0.15) is 25.8 Å². The van der Waals surface area contributed by atoms with Crippen LogP contribution in [0.5, 0.6) is 0 Å². The lowest BCUT2D eigenvalue weighted by atomic mass is 10.2. The summed E-state index contributed by atoms with van der Waals surface area (Å²) in [7, 11) is 0. The summed E-state index contributed by atoms with van der Waals surface area (Å²) in [5.74, 6) is 4.78. The van der Waals surface area contributed by atoms with Gasteiger partial charge in [-0.15, -0.1) is 11.3 Å². The number of nitrogens with two attached hydrogens (primary N) is 1. The lowest BCUT2D eigenvalue weighted by Crippen LogP contribution is -2.29. The van der Waals surface area contributed by atoms with Gasteiger partial charge in [0, 0.05) is 4.88 Å². The molecule has 0 spiro atoms. The minimum Gasteiger partial charge on any atom is -0.294 e. The van der Waals surface area contributed by atoms with Crippen LogP contribution in [0.25, 0.3) is 0 Å². The van der Waals surface area contributed by atoms with Crippen molar-refractivity contribution >= 4 is 33.2 Å². The smallest absolute Gasteiger partial charge is 0.275 e. The number of nitrogens with zero attached hydrogens (tertiary/aromatic N) is 2. The molecule has 8 heteroatoms. The van der Waals surface area contributed by atoms with Crippen LogP contribution in [0.4, 0.5) is 0 Å². The van der Waals surface area contributed by atoms with Crippen LogP contribution in [-0.2, 0) is 6.54 Å². The van der Waals surface area contributed by atoms with E-state index in [1.165, 1.54) is 22.2 Å². The molecule has 0 aromatic carbocycles. The van der Waals surface area contributed by atoms with Crippen LogP contribution >= 0.6 is 27.3 Å². The lowest BCUT2D eigenvalue weighted by Gasteiger charge is -2.06. The number of halogens is 1. The van der Waals surface area contributed by atoms with Crippen LogP contribution in [0.2, 0.25) is 0 Å². The van der Waals surface area contributed by atoms with Crippen molar-refractivity contribution in [3.8, 4) is 0 Å². The summed E-state index contributed by atoms with van der Waals surface area (Å²) < 4.78 is 1.95. The zero-order chi connectivity index (χ0) is 14.9. The number of hydrazine groups is 1. The molecule has 3 N–H and O–H groups in total. The Morgan fingerprint density at radius 1 is 1.55 bits per heavy atom. The van der Waals surface area contributed by atoms with Gasteiger partial charge in [-0.25, -0.2) is 10.8 Å². The molecule has 0 bridgehead atoms. The highest BCUT2D eigenvalue weighted by Crippen LogP contribution is 2.22. The summed E-state index contributed by atoms with van der Waals surface area (Å²) in [6, 6.07) is 1.74. The Morgan fingerprint density at radius 2 is 2.25 bits per heavy atom. The highest BCUT2D eigenvalue weighted by molar-refractivity contribution is 9.10. The Balaban J connectivity index is 2.36. The van der Waals surface area contributed by atoms with Crippen molar-refractivity contribution in [1.29, 1.82) is 0 Å². The molecule has 0 atom stereocenters. The SMILES string of the molecule is Cc1ncn(Cc2cc(C(=O)NN)sc2C)c(=O)c1Br. The fraction of sp³-hybridized carbons (Fsp3) is 0.250. The second-order valence-corrected chi connectivity index (χ2v) is 6.29. The van der Waals surface area contributed by atoms with E-state index in [-0.39, 0.29) is 11.5 Å². The van der Waals surface area contributed by atoms with Gasteiger partial charge in [0.15, 0.2) is 0 Å². The Kier molecular flexibility index (Phi) is 4.36. The van der Waals surface area contributed by atoms with E-state index in [0.717, 1.165) is 10.4 Å². The molecule has 0 saturated heterocycles. The Bertz CT molecular complexity index is 723. The maximum atomic E-state index is 12.1. The van der Waals surface area contributed by atoms with Crippen molar-refractivity contribution in [2.45, 2.75) is 20.4 Å². The standard InChI is InChI=1S/C12H13BrN4O2S/c1-6-10(13)12(19)17(5-15-6)4-8-3-9(11(18)16-14)20-7(8)2/h3,5H,4,14H2,1-2H3,(H,16,18). The highest BCUT2D eigenvalue weighted by atomic mass is 79.9. The Labute approximate surface area is 127 Å². The Morgan fingerprint density at radius 3 is 2.90 bits per heavy atom. The molecule has 0 aliphatic carbocycles. The molecule has 0 aliphatic heterocycles. The fourth-order valence-corrected chi connectivity index (χ4v) is 2.97. The summed E-state index contributed by atoms with van der Waals surface area (Å²) in [6.45, 7) is 4.02. The van der Waals surface area contributed by atoms with Gasteiger partial charge >= 0.3 is 0 Å². The fourth-order valence-electron chi connectivity index (χ4n) is 1.70. The van der Waals surface area contributed by atoms with E-state index in [2.05, 4.69) is 26.3 Å². The number of carbonyl (C=O) groups excluding carboxylic acids is 1. The number of aryl methyl sites for hydroxylation is 2. The number of nitrogens with one attached hydrogen (secondary N) is 1. The average Bonchev–Trinajstić information content (AvgIpc) is 2.80. The van der Waals surface area contributed by atoms with Gasteiger partial charge in [0.1, 0.15) is 4.47 Å². The van der Waals surface area contributed by atoms with Crippen molar-refractivity contribution in [3.05, 3.63) is 48.2 Å².